The van der Waals surface area contributed by atoms with Crippen molar-refractivity contribution in [2.75, 3.05) is 6.54 Å². The van der Waals surface area contributed by atoms with Crippen LogP contribution in [0.5, 0.6) is 0 Å². The molecule has 0 heterocycles. The molecular formula is C11H15NO3. The molecule has 0 bridgehead atoms. The minimum absolute atomic E-state index is 0.224. The fraction of sp³-hybridized carbons (Fsp3) is 0.364. The second-order valence-corrected chi connectivity index (χ2v) is 3.31. The van der Waals surface area contributed by atoms with Gasteiger partial charge in [-0.1, -0.05) is 30.3 Å². The first-order chi connectivity index (χ1) is 7.20. The summed E-state index contributed by atoms with van der Waals surface area (Å²) in [5.74, 6) is -1.17. The van der Waals surface area contributed by atoms with Gasteiger partial charge in [-0.2, -0.15) is 0 Å². The van der Waals surface area contributed by atoms with Crippen molar-refractivity contribution < 1.29 is 15.0 Å². The van der Waals surface area contributed by atoms with Gasteiger partial charge >= 0.3 is 5.97 Å². The van der Waals surface area contributed by atoms with Gasteiger partial charge in [-0.15, -0.1) is 0 Å². The average molecular weight is 209 g/mol. The summed E-state index contributed by atoms with van der Waals surface area (Å²) >= 11 is 0. The van der Waals surface area contributed by atoms with Crippen LogP contribution in [0.4, 0.5) is 0 Å². The summed E-state index contributed by atoms with van der Waals surface area (Å²) < 4.78 is 0. The SMILES string of the molecule is O=C(O)C(O)CCNCc1ccccc1. The van der Waals surface area contributed by atoms with Crippen LogP contribution in [0, 0.1) is 0 Å². The van der Waals surface area contributed by atoms with Gasteiger partial charge in [0.2, 0.25) is 0 Å². The lowest BCUT2D eigenvalue weighted by Crippen LogP contribution is -2.25. The van der Waals surface area contributed by atoms with E-state index in [1.165, 1.54) is 0 Å². The molecule has 3 N–H and O–H groups in total. The van der Waals surface area contributed by atoms with Crippen molar-refractivity contribution in [3.63, 3.8) is 0 Å². The molecule has 1 aromatic carbocycles. The topological polar surface area (TPSA) is 69.6 Å². The number of aliphatic hydroxyl groups excluding tert-OH is 1. The predicted molar refractivity (Wildman–Crippen MR) is 56.4 cm³/mol. The lowest BCUT2D eigenvalue weighted by atomic mass is 10.2. The van der Waals surface area contributed by atoms with Crippen molar-refractivity contribution in [3.8, 4) is 0 Å². The first kappa shape index (κ1) is 11.7. The maximum atomic E-state index is 10.3. The Morgan fingerprint density at radius 3 is 2.60 bits per heavy atom. The van der Waals surface area contributed by atoms with Crippen LogP contribution >= 0.6 is 0 Å². The maximum absolute atomic E-state index is 10.3. The van der Waals surface area contributed by atoms with E-state index in [0.29, 0.717) is 13.1 Å². The Bertz CT molecular complexity index is 300. The highest BCUT2D eigenvalue weighted by molar-refractivity contribution is 5.71. The number of carboxylic acids is 1. The lowest BCUT2D eigenvalue weighted by Gasteiger charge is -2.06. The van der Waals surface area contributed by atoms with Gasteiger partial charge in [0.05, 0.1) is 0 Å². The van der Waals surface area contributed by atoms with E-state index in [0.717, 1.165) is 5.56 Å². The summed E-state index contributed by atoms with van der Waals surface area (Å²) in [5.41, 5.74) is 1.14. The fourth-order valence-corrected chi connectivity index (χ4v) is 1.19. The standard InChI is InChI=1S/C11H15NO3/c13-10(11(14)15)6-7-12-8-9-4-2-1-3-5-9/h1-5,10,12-13H,6-8H2,(H,14,15). The quantitative estimate of drug-likeness (QED) is 0.600. The molecule has 4 heteroatoms. The van der Waals surface area contributed by atoms with E-state index in [1.807, 2.05) is 30.3 Å². The van der Waals surface area contributed by atoms with E-state index >= 15 is 0 Å². The highest BCUT2D eigenvalue weighted by atomic mass is 16.4. The molecule has 0 saturated heterocycles. The zero-order chi connectivity index (χ0) is 11.1. The van der Waals surface area contributed by atoms with Gasteiger partial charge in [-0.25, -0.2) is 4.79 Å². The molecule has 15 heavy (non-hydrogen) atoms. The summed E-state index contributed by atoms with van der Waals surface area (Å²) in [5, 5.41) is 20.5. The Morgan fingerprint density at radius 1 is 1.33 bits per heavy atom. The van der Waals surface area contributed by atoms with Crippen molar-refractivity contribution in [2.45, 2.75) is 19.1 Å². The van der Waals surface area contributed by atoms with E-state index < -0.39 is 12.1 Å². The van der Waals surface area contributed by atoms with Gasteiger partial charge in [-0.3, -0.25) is 0 Å². The molecule has 0 saturated carbocycles. The van der Waals surface area contributed by atoms with Crippen LogP contribution in [0.2, 0.25) is 0 Å². The van der Waals surface area contributed by atoms with Crippen molar-refractivity contribution in [2.24, 2.45) is 0 Å². The first-order valence-electron chi connectivity index (χ1n) is 4.85. The Balaban J connectivity index is 2.15. The monoisotopic (exact) mass is 209 g/mol. The Kier molecular flexibility index (Phi) is 4.80. The number of benzene rings is 1. The smallest absolute Gasteiger partial charge is 0.332 e. The lowest BCUT2D eigenvalue weighted by molar-refractivity contribution is -0.146. The third-order valence-corrected chi connectivity index (χ3v) is 2.05. The molecule has 0 amide bonds. The number of rotatable bonds is 6. The molecule has 1 atom stereocenters. The zero-order valence-electron chi connectivity index (χ0n) is 8.39. The normalized spacial score (nSPS) is 12.3. The number of carboxylic acid groups (broad SMARTS) is 1. The molecule has 4 nitrogen and oxygen atoms in total. The summed E-state index contributed by atoms with van der Waals surface area (Å²) in [7, 11) is 0. The van der Waals surface area contributed by atoms with Crippen LogP contribution in [0.15, 0.2) is 30.3 Å². The molecule has 1 unspecified atom stereocenters. The number of hydrogen-bond acceptors (Lipinski definition) is 3. The maximum Gasteiger partial charge on any atom is 0.332 e. The Hall–Kier alpha value is -1.39. The van der Waals surface area contributed by atoms with E-state index in [1.54, 1.807) is 0 Å². The van der Waals surface area contributed by atoms with E-state index in [2.05, 4.69) is 5.32 Å². The van der Waals surface area contributed by atoms with Crippen molar-refractivity contribution in [3.05, 3.63) is 35.9 Å². The first-order valence-corrected chi connectivity index (χ1v) is 4.85. The molecule has 1 rings (SSSR count). The molecule has 0 aliphatic heterocycles. The highest BCUT2D eigenvalue weighted by Gasteiger charge is 2.11. The molecule has 0 aromatic heterocycles. The zero-order valence-corrected chi connectivity index (χ0v) is 8.39. The van der Waals surface area contributed by atoms with Crippen LogP contribution in [0.3, 0.4) is 0 Å². The number of nitrogens with one attached hydrogen (secondary N) is 1. The second-order valence-electron chi connectivity index (χ2n) is 3.31. The Morgan fingerprint density at radius 2 is 2.00 bits per heavy atom. The third-order valence-electron chi connectivity index (χ3n) is 2.05. The number of aliphatic hydroxyl groups is 1. The number of hydrogen-bond donors (Lipinski definition) is 3. The fourth-order valence-electron chi connectivity index (χ4n) is 1.19. The minimum atomic E-state index is -1.27. The Labute approximate surface area is 88.6 Å². The van der Waals surface area contributed by atoms with Crippen molar-refractivity contribution in [1.29, 1.82) is 0 Å². The van der Waals surface area contributed by atoms with Gasteiger partial charge in [0.15, 0.2) is 6.10 Å². The van der Waals surface area contributed by atoms with E-state index in [4.69, 9.17) is 10.2 Å². The highest BCUT2D eigenvalue weighted by Crippen LogP contribution is 1.97. The average Bonchev–Trinajstić information content (AvgIpc) is 2.25. The summed E-state index contributed by atoms with van der Waals surface area (Å²) in [6.45, 7) is 1.18. The van der Waals surface area contributed by atoms with Gasteiger partial charge < -0.3 is 15.5 Å². The second kappa shape index (κ2) is 6.16. The molecule has 82 valence electrons. The van der Waals surface area contributed by atoms with Crippen molar-refractivity contribution >= 4 is 5.97 Å². The van der Waals surface area contributed by atoms with Crippen LogP contribution in [-0.2, 0) is 11.3 Å². The molecule has 0 radical (unpaired) electrons. The molecule has 0 aliphatic carbocycles. The van der Waals surface area contributed by atoms with E-state index in [-0.39, 0.29) is 6.42 Å². The molecule has 0 spiro atoms. The molecule has 1 aromatic rings. The van der Waals surface area contributed by atoms with E-state index in [9.17, 15) is 4.79 Å². The largest absolute Gasteiger partial charge is 0.479 e. The van der Waals surface area contributed by atoms with Crippen LogP contribution in [0.25, 0.3) is 0 Å². The minimum Gasteiger partial charge on any atom is -0.479 e. The molecular weight excluding hydrogens is 194 g/mol. The van der Waals surface area contributed by atoms with Gasteiger partial charge in [0.25, 0.3) is 0 Å². The van der Waals surface area contributed by atoms with Gasteiger partial charge in [0, 0.05) is 6.54 Å². The van der Waals surface area contributed by atoms with Gasteiger partial charge in [-0.05, 0) is 18.5 Å². The van der Waals surface area contributed by atoms with Crippen LogP contribution in [-0.4, -0.2) is 28.8 Å². The van der Waals surface area contributed by atoms with Crippen molar-refractivity contribution in [1.82, 2.24) is 5.32 Å². The van der Waals surface area contributed by atoms with Gasteiger partial charge in [0.1, 0.15) is 0 Å². The number of aliphatic carboxylic acids is 1. The summed E-state index contributed by atoms with van der Waals surface area (Å²) in [6, 6.07) is 9.81. The predicted octanol–water partition coefficient (Wildman–Crippen LogP) is 0.612. The number of carbonyl (C=O) groups is 1. The molecule has 0 aliphatic rings. The summed E-state index contributed by atoms with van der Waals surface area (Å²) in [4.78, 5) is 10.3. The third kappa shape index (κ3) is 4.58. The van der Waals surface area contributed by atoms with Crippen LogP contribution < -0.4 is 5.32 Å². The van der Waals surface area contributed by atoms with Crippen LogP contribution in [0.1, 0.15) is 12.0 Å². The molecule has 0 fully saturated rings. The summed E-state index contributed by atoms with van der Waals surface area (Å²) in [6.07, 6.45) is -1.05.